The molecule has 0 heterocycles. The molecular weight excluding hydrogens is 210 g/mol. The molecule has 0 aromatic rings. The first-order valence-corrected chi connectivity index (χ1v) is 6.73. The first-order valence-electron chi connectivity index (χ1n) is 5.78. The third-order valence-corrected chi connectivity index (χ3v) is 4.64. The van der Waals surface area contributed by atoms with Crippen LogP contribution in [0.5, 0.6) is 0 Å². The van der Waals surface area contributed by atoms with Gasteiger partial charge in [0.1, 0.15) is 0 Å². The summed E-state index contributed by atoms with van der Waals surface area (Å²) in [6, 6.07) is -0.0491. The van der Waals surface area contributed by atoms with E-state index in [1.54, 1.807) is 7.11 Å². The minimum absolute atomic E-state index is 0.0491. The summed E-state index contributed by atoms with van der Waals surface area (Å²) in [7, 11) is 1.65. The molecule has 0 radical (unpaired) electrons. The summed E-state index contributed by atoms with van der Waals surface area (Å²) in [5, 5.41) is 10.1. The molecule has 0 aliphatic heterocycles. The lowest BCUT2D eigenvalue weighted by Crippen LogP contribution is -2.40. The Labute approximate surface area is 96.8 Å². The summed E-state index contributed by atoms with van der Waals surface area (Å²) >= 11 is 1.86. The zero-order chi connectivity index (χ0) is 11.1. The number of ether oxygens (including phenoxy) is 1. The van der Waals surface area contributed by atoms with Crippen molar-refractivity contribution in [2.75, 3.05) is 20.3 Å². The molecule has 1 aliphatic rings. The van der Waals surface area contributed by atoms with Gasteiger partial charge < -0.3 is 15.6 Å². The van der Waals surface area contributed by atoms with E-state index in [1.807, 2.05) is 11.8 Å². The highest BCUT2D eigenvalue weighted by Crippen LogP contribution is 2.31. The summed E-state index contributed by atoms with van der Waals surface area (Å²) in [4.78, 5) is 0. The molecule has 0 bridgehead atoms. The van der Waals surface area contributed by atoms with Gasteiger partial charge in [0, 0.05) is 23.7 Å². The van der Waals surface area contributed by atoms with E-state index in [4.69, 9.17) is 10.5 Å². The van der Waals surface area contributed by atoms with Crippen LogP contribution in [0.4, 0.5) is 0 Å². The molecule has 2 atom stereocenters. The normalized spacial score (nSPS) is 22.6. The smallest absolute Gasteiger partial charge is 0.0625 e. The Morgan fingerprint density at radius 2 is 2.07 bits per heavy atom. The second-order valence-corrected chi connectivity index (χ2v) is 5.78. The Morgan fingerprint density at radius 3 is 2.60 bits per heavy atom. The first kappa shape index (κ1) is 13.3. The third kappa shape index (κ3) is 4.72. The van der Waals surface area contributed by atoms with Crippen LogP contribution >= 0.6 is 11.8 Å². The summed E-state index contributed by atoms with van der Waals surface area (Å²) in [5.74, 6) is 0. The van der Waals surface area contributed by atoms with Gasteiger partial charge in [0.15, 0.2) is 0 Å². The van der Waals surface area contributed by atoms with Crippen LogP contribution in [-0.4, -0.2) is 42.0 Å². The monoisotopic (exact) mass is 233 g/mol. The van der Waals surface area contributed by atoms with E-state index >= 15 is 0 Å². The molecule has 0 amide bonds. The first-order chi connectivity index (χ1) is 7.27. The lowest BCUT2D eigenvalue weighted by atomic mass is 10.0. The fraction of sp³-hybridized carbons (Fsp3) is 1.00. The zero-order valence-corrected chi connectivity index (χ0v) is 10.3. The lowest BCUT2D eigenvalue weighted by molar-refractivity contribution is 0.167. The molecule has 90 valence electrons. The highest BCUT2D eigenvalue weighted by molar-refractivity contribution is 8.00. The van der Waals surface area contributed by atoms with Crippen molar-refractivity contribution in [2.45, 2.75) is 48.6 Å². The van der Waals surface area contributed by atoms with Crippen molar-refractivity contribution in [3.63, 3.8) is 0 Å². The van der Waals surface area contributed by atoms with Gasteiger partial charge in [-0.3, -0.25) is 0 Å². The number of rotatable bonds is 6. The Hall–Kier alpha value is 0.230. The van der Waals surface area contributed by atoms with Gasteiger partial charge in [-0.25, -0.2) is 0 Å². The summed E-state index contributed by atoms with van der Waals surface area (Å²) in [6.45, 7) is 0.691. The van der Waals surface area contributed by atoms with Crippen LogP contribution in [0.15, 0.2) is 0 Å². The van der Waals surface area contributed by atoms with Crippen molar-refractivity contribution in [2.24, 2.45) is 5.73 Å². The van der Waals surface area contributed by atoms with Crippen LogP contribution in [0, 0.1) is 0 Å². The SMILES string of the molecule is COCC(N)C(CO)SC1CCCCC1. The van der Waals surface area contributed by atoms with E-state index in [-0.39, 0.29) is 17.9 Å². The fourth-order valence-electron chi connectivity index (χ4n) is 2.03. The topological polar surface area (TPSA) is 55.5 Å². The van der Waals surface area contributed by atoms with Gasteiger partial charge in [-0.2, -0.15) is 11.8 Å². The van der Waals surface area contributed by atoms with Crippen LogP contribution in [0.25, 0.3) is 0 Å². The number of aliphatic hydroxyl groups is 1. The maximum Gasteiger partial charge on any atom is 0.0625 e. The molecule has 0 aromatic carbocycles. The molecule has 2 unspecified atom stereocenters. The highest BCUT2D eigenvalue weighted by atomic mass is 32.2. The van der Waals surface area contributed by atoms with Crippen molar-refractivity contribution in [1.82, 2.24) is 0 Å². The van der Waals surface area contributed by atoms with Crippen LogP contribution in [-0.2, 0) is 4.74 Å². The molecule has 4 heteroatoms. The van der Waals surface area contributed by atoms with Crippen molar-refractivity contribution >= 4 is 11.8 Å². The van der Waals surface area contributed by atoms with Crippen LogP contribution in [0.1, 0.15) is 32.1 Å². The van der Waals surface area contributed by atoms with Gasteiger partial charge in [0.25, 0.3) is 0 Å². The largest absolute Gasteiger partial charge is 0.395 e. The Morgan fingerprint density at radius 1 is 1.40 bits per heavy atom. The molecule has 1 rings (SSSR count). The predicted molar refractivity (Wildman–Crippen MR) is 65.2 cm³/mol. The summed E-state index contributed by atoms with van der Waals surface area (Å²) in [5.41, 5.74) is 5.95. The van der Waals surface area contributed by atoms with Gasteiger partial charge >= 0.3 is 0 Å². The number of aliphatic hydroxyl groups excluding tert-OH is 1. The van der Waals surface area contributed by atoms with Crippen LogP contribution < -0.4 is 5.73 Å². The Kier molecular flexibility index (Phi) is 6.64. The van der Waals surface area contributed by atoms with Crippen molar-refractivity contribution in [1.29, 1.82) is 0 Å². The maximum absolute atomic E-state index is 9.30. The number of methoxy groups -OCH3 is 1. The second kappa shape index (κ2) is 7.49. The van der Waals surface area contributed by atoms with Crippen molar-refractivity contribution in [3.05, 3.63) is 0 Å². The van der Waals surface area contributed by atoms with E-state index in [9.17, 15) is 5.11 Å². The van der Waals surface area contributed by atoms with E-state index in [2.05, 4.69) is 0 Å². The predicted octanol–water partition coefficient (Wildman–Crippen LogP) is 1.39. The summed E-state index contributed by atoms with van der Waals surface area (Å²) in [6.07, 6.45) is 6.58. The van der Waals surface area contributed by atoms with E-state index in [0.29, 0.717) is 11.9 Å². The molecule has 1 fully saturated rings. The van der Waals surface area contributed by atoms with Gasteiger partial charge in [0.05, 0.1) is 13.2 Å². The molecule has 0 aromatic heterocycles. The molecule has 15 heavy (non-hydrogen) atoms. The average molecular weight is 233 g/mol. The minimum atomic E-state index is -0.0491. The molecule has 3 nitrogen and oxygen atoms in total. The number of hydrogen-bond donors (Lipinski definition) is 2. The van der Waals surface area contributed by atoms with E-state index < -0.39 is 0 Å². The molecule has 1 aliphatic carbocycles. The van der Waals surface area contributed by atoms with Crippen molar-refractivity contribution in [3.8, 4) is 0 Å². The summed E-state index contributed by atoms with van der Waals surface area (Å²) < 4.78 is 5.03. The molecule has 0 spiro atoms. The van der Waals surface area contributed by atoms with E-state index in [0.717, 1.165) is 0 Å². The highest BCUT2D eigenvalue weighted by Gasteiger charge is 2.23. The van der Waals surface area contributed by atoms with Gasteiger partial charge in [-0.15, -0.1) is 0 Å². The van der Waals surface area contributed by atoms with Crippen LogP contribution in [0.2, 0.25) is 0 Å². The Balaban J connectivity index is 2.30. The molecule has 0 saturated heterocycles. The lowest BCUT2D eigenvalue weighted by Gasteiger charge is -2.28. The fourth-order valence-corrected chi connectivity index (χ4v) is 3.49. The van der Waals surface area contributed by atoms with Gasteiger partial charge in [0.2, 0.25) is 0 Å². The quantitative estimate of drug-likeness (QED) is 0.728. The van der Waals surface area contributed by atoms with Crippen LogP contribution in [0.3, 0.4) is 0 Å². The minimum Gasteiger partial charge on any atom is -0.395 e. The number of thioether (sulfide) groups is 1. The van der Waals surface area contributed by atoms with Gasteiger partial charge in [-0.1, -0.05) is 19.3 Å². The standard InChI is InChI=1S/C11H23NO2S/c1-14-8-10(12)11(7-13)15-9-5-3-2-4-6-9/h9-11,13H,2-8,12H2,1H3. The zero-order valence-electron chi connectivity index (χ0n) is 9.52. The molecule has 3 N–H and O–H groups in total. The molecule has 1 saturated carbocycles. The maximum atomic E-state index is 9.30. The molecular formula is C11H23NO2S. The average Bonchev–Trinajstić information content (AvgIpc) is 2.27. The number of hydrogen-bond acceptors (Lipinski definition) is 4. The van der Waals surface area contributed by atoms with E-state index in [1.165, 1.54) is 32.1 Å². The van der Waals surface area contributed by atoms with Crippen molar-refractivity contribution < 1.29 is 9.84 Å². The van der Waals surface area contributed by atoms with Gasteiger partial charge in [-0.05, 0) is 12.8 Å². The Bertz CT molecular complexity index is 163. The third-order valence-electron chi connectivity index (χ3n) is 2.94. The number of nitrogens with two attached hydrogens (primary N) is 1. The second-order valence-electron chi connectivity index (χ2n) is 4.24.